The molecule has 1 aliphatic carbocycles. The van der Waals surface area contributed by atoms with E-state index in [9.17, 15) is 0 Å². The van der Waals surface area contributed by atoms with Crippen molar-refractivity contribution in [3.05, 3.63) is 11.6 Å². The lowest BCUT2D eigenvalue weighted by Gasteiger charge is -2.32. The smallest absolute Gasteiger partial charge is 0.0925 e. The zero-order valence-corrected chi connectivity index (χ0v) is 7.01. The lowest BCUT2D eigenvalue weighted by molar-refractivity contribution is -0.0310. The summed E-state index contributed by atoms with van der Waals surface area (Å²) in [6.45, 7) is 1.49. The molecule has 2 heterocycles. The maximum absolute atomic E-state index is 5.70. The minimum absolute atomic E-state index is 0.0677. The zero-order valence-electron chi connectivity index (χ0n) is 7.01. The lowest BCUT2D eigenvalue weighted by Crippen LogP contribution is -2.51. The first-order valence-electron chi connectivity index (χ1n) is 4.62. The van der Waals surface area contributed by atoms with Crippen LogP contribution in [0.2, 0.25) is 0 Å². The average Bonchev–Trinajstić information content (AvgIpc) is 2.59. The summed E-state index contributed by atoms with van der Waals surface area (Å²) in [6.07, 6.45) is 6.13. The fraction of sp³-hybridized carbons (Fsp3) is 0.778. The van der Waals surface area contributed by atoms with Gasteiger partial charge in [-0.25, -0.2) is 0 Å². The fourth-order valence-electron chi connectivity index (χ4n) is 2.62. The van der Waals surface area contributed by atoms with Gasteiger partial charge in [-0.1, -0.05) is 6.08 Å². The van der Waals surface area contributed by atoms with Crippen molar-refractivity contribution in [2.75, 3.05) is 13.2 Å². The maximum Gasteiger partial charge on any atom is 0.0925 e. The Balaban J connectivity index is 2.03. The maximum atomic E-state index is 5.70. The second-order valence-corrected chi connectivity index (χ2v) is 3.81. The molecule has 0 aromatic carbocycles. The molecule has 1 saturated carbocycles. The van der Waals surface area contributed by atoms with E-state index in [1.807, 2.05) is 0 Å². The van der Waals surface area contributed by atoms with Gasteiger partial charge in [-0.15, -0.1) is 0 Å². The molecule has 1 saturated heterocycles. The van der Waals surface area contributed by atoms with Crippen LogP contribution < -0.4 is 5.48 Å². The van der Waals surface area contributed by atoms with Gasteiger partial charge in [-0.2, -0.15) is 5.48 Å². The van der Waals surface area contributed by atoms with Gasteiger partial charge >= 0.3 is 0 Å². The number of rotatable bonds is 0. The molecular weight excluding hydrogens is 154 g/mol. The van der Waals surface area contributed by atoms with Gasteiger partial charge in [-0.05, 0) is 24.8 Å². The average molecular weight is 167 g/mol. The van der Waals surface area contributed by atoms with Crippen molar-refractivity contribution in [3.63, 3.8) is 0 Å². The van der Waals surface area contributed by atoms with Crippen molar-refractivity contribution in [3.8, 4) is 0 Å². The van der Waals surface area contributed by atoms with E-state index in [2.05, 4.69) is 11.6 Å². The lowest BCUT2D eigenvalue weighted by atomic mass is 9.89. The van der Waals surface area contributed by atoms with Crippen molar-refractivity contribution in [2.45, 2.75) is 30.9 Å². The summed E-state index contributed by atoms with van der Waals surface area (Å²) in [7, 11) is 0. The molecule has 0 amide bonds. The van der Waals surface area contributed by atoms with Crippen LogP contribution in [0, 0.1) is 0 Å². The van der Waals surface area contributed by atoms with Crippen LogP contribution >= 0.6 is 0 Å². The van der Waals surface area contributed by atoms with Crippen molar-refractivity contribution in [2.24, 2.45) is 0 Å². The number of ether oxygens (including phenoxy) is 1. The van der Waals surface area contributed by atoms with E-state index in [-0.39, 0.29) is 5.54 Å². The molecule has 0 aromatic heterocycles. The minimum Gasteiger partial charge on any atom is -0.371 e. The highest BCUT2D eigenvalue weighted by Crippen LogP contribution is 2.44. The Labute approximate surface area is 71.7 Å². The normalized spacial score (nSPS) is 45.3. The van der Waals surface area contributed by atoms with Crippen LogP contribution in [-0.4, -0.2) is 24.9 Å². The van der Waals surface area contributed by atoms with Gasteiger partial charge in [0.25, 0.3) is 0 Å². The van der Waals surface area contributed by atoms with Gasteiger partial charge in [0, 0.05) is 0 Å². The van der Waals surface area contributed by atoms with E-state index < -0.39 is 0 Å². The van der Waals surface area contributed by atoms with Gasteiger partial charge < -0.3 is 4.74 Å². The molecule has 0 aromatic rings. The molecule has 3 aliphatic rings. The molecule has 66 valence electrons. The third-order valence-corrected chi connectivity index (χ3v) is 3.27. The van der Waals surface area contributed by atoms with Crippen molar-refractivity contribution in [1.29, 1.82) is 0 Å². The summed E-state index contributed by atoms with van der Waals surface area (Å²) in [5.41, 5.74) is 4.64. The standard InChI is InChI=1S/C9H13NO2/c1-2-8-9(4-1)7(6-11-8)3-5-12-10-9/h3,8,10H,1-2,4-6H2/t8-,9+/m1/s1. The first-order chi connectivity index (χ1) is 5.92. The molecule has 0 bridgehead atoms. The highest BCUT2D eigenvalue weighted by molar-refractivity contribution is 5.30. The summed E-state index contributed by atoms with van der Waals surface area (Å²) in [5, 5.41) is 0. The Morgan fingerprint density at radius 2 is 2.58 bits per heavy atom. The third kappa shape index (κ3) is 0.715. The fourth-order valence-corrected chi connectivity index (χ4v) is 2.62. The quantitative estimate of drug-likeness (QED) is 0.540. The molecule has 3 heteroatoms. The van der Waals surface area contributed by atoms with Gasteiger partial charge in [0.2, 0.25) is 0 Å². The summed E-state index contributed by atoms with van der Waals surface area (Å²) < 4.78 is 5.70. The molecule has 3 nitrogen and oxygen atoms in total. The summed E-state index contributed by atoms with van der Waals surface area (Å²) in [4.78, 5) is 5.28. The van der Waals surface area contributed by atoms with Crippen molar-refractivity contribution < 1.29 is 9.57 Å². The Morgan fingerprint density at radius 1 is 1.58 bits per heavy atom. The second kappa shape index (κ2) is 2.31. The molecule has 2 fully saturated rings. The molecule has 2 aliphatic heterocycles. The van der Waals surface area contributed by atoms with E-state index in [0.717, 1.165) is 6.61 Å². The van der Waals surface area contributed by atoms with Gasteiger partial charge in [0.05, 0.1) is 24.9 Å². The molecule has 1 spiro atoms. The van der Waals surface area contributed by atoms with Crippen LogP contribution in [0.25, 0.3) is 0 Å². The second-order valence-electron chi connectivity index (χ2n) is 3.81. The monoisotopic (exact) mass is 167 g/mol. The van der Waals surface area contributed by atoms with Gasteiger partial charge in [-0.3, -0.25) is 4.84 Å². The summed E-state index contributed by atoms with van der Waals surface area (Å²) in [5.74, 6) is 0. The van der Waals surface area contributed by atoms with Crippen LogP contribution in [-0.2, 0) is 9.57 Å². The molecule has 12 heavy (non-hydrogen) atoms. The Bertz CT molecular complexity index is 239. The van der Waals surface area contributed by atoms with Gasteiger partial charge in [0.15, 0.2) is 0 Å². The first-order valence-corrected chi connectivity index (χ1v) is 4.62. The third-order valence-electron chi connectivity index (χ3n) is 3.27. The minimum atomic E-state index is 0.0677. The molecule has 0 unspecified atom stereocenters. The van der Waals surface area contributed by atoms with Crippen LogP contribution in [0.4, 0.5) is 0 Å². The Morgan fingerprint density at radius 3 is 3.58 bits per heavy atom. The molecule has 0 radical (unpaired) electrons. The zero-order chi connectivity index (χ0) is 8.02. The number of hydroxylamine groups is 1. The number of hydrogen-bond donors (Lipinski definition) is 1. The van der Waals surface area contributed by atoms with Gasteiger partial charge in [0.1, 0.15) is 0 Å². The van der Waals surface area contributed by atoms with Crippen LogP contribution in [0.5, 0.6) is 0 Å². The topological polar surface area (TPSA) is 30.5 Å². The predicted molar refractivity (Wildman–Crippen MR) is 43.5 cm³/mol. The number of hydrogen-bond acceptors (Lipinski definition) is 3. The van der Waals surface area contributed by atoms with E-state index in [1.165, 1.54) is 24.8 Å². The molecule has 3 rings (SSSR count). The Hall–Kier alpha value is -0.380. The molecule has 2 atom stereocenters. The van der Waals surface area contributed by atoms with Crippen LogP contribution in [0.3, 0.4) is 0 Å². The molecular formula is C9H13NO2. The van der Waals surface area contributed by atoms with E-state index in [4.69, 9.17) is 9.57 Å². The first kappa shape index (κ1) is 7.06. The predicted octanol–water partition coefficient (Wildman–Crippen LogP) is 0.769. The largest absolute Gasteiger partial charge is 0.371 e. The highest BCUT2D eigenvalue weighted by atomic mass is 16.7. The summed E-state index contributed by atoms with van der Waals surface area (Å²) in [6, 6.07) is 0. The summed E-state index contributed by atoms with van der Waals surface area (Å²) >= 11 is 0. The van der Waals surface area contributed by atoms with Crippen LogP contribution in [0.15, 0.2) is 11.6 Å². The van der Waals surface area contributed by atoms with Crippen molar-refractivity contribution in [1.82, 2.24) is 5.48 Å². The van der Waals surface area contributed by atoms with E-state index in [1.54, 1.807) is 0 Å². The molecule has 1 N–H and O–H groups in total. The van der Waals surface area contributed by atoms with Crippen molar-refractivity contribution >= 4 is 0 Å². The number of nitrogens with one attached hydrogen (secondary N) is 1. The van der Waals surface area contributed by atoms with E-state index >= 15 is 0 Å². The Kier molecular flexibility index (Phi) is 1.36. The van der Waals surface area contributed by atoms with E-state index in [0.29, 0.717) is 12.7 Å². The SMILES string of the molecule is C1=C2CO[C@@H]3CCC[C@]23NOC1. The highest BCUT2D eigenvalue weighted by Gasteiger charge is 2.52. The van der Waals surface area contributed by atoms with Crippen LogP contribution in [0.1, 0.15) is 19.3 Å².